The molecule has 1 saturated heterocycles. The molecule has 1 aromatic rings. The van der Waals surface area contributed by atoms with Crippen molar-refractivity contribution in [2.45, 2.75) is 32.9 Å². The van der Waals surface area contributed by atoms with E-state index in [1.807, 2.05) is 20.0 Å². The van der Waals surface area contributed by atoms with Crippen LogP contribution in [0.5, 0.6) is 0 Å². The van der Waals surface area contributed by atoms with Gasteiger partial charge in [-0.05, 0) is 20.8 Å². The van der Waals surface area contributed by atoms with Crippen LogP contribution in [0, 0.1) is 12.8 Å². The van der Waals surface area contributed by atoms with Gasteiger partial charge in [-0.25, -0.2) is 4.98 Å². The Hall–Kier alpha value is -1.40. The smallest absolute Gasteiger partial charge is 0.222 e. The first-order chi connectivity index (χ1) is 8.47. The van der Waals surface area contributed by atoms with E-state index in [1.54, 1.807) is 0 Å². The van der Waals surface area contributed by atoms with Gasteiger partial charge in [-0.1, -0.05) is 0 Å². The van der Waals surface area contributed by atoms with Gasteiger partial charge >= 0.3 is 0 Å². The SMILES string of the molecule is Cc1cc(N(C)CC2C(C)NNC2C)nc(N)n1. The first-order valence-electron chi connectivity index (χ1n) is 6.30. The van der Waals surface area contributed by atoms with Crippen molar-refractivity contribution in [2.75, 3.05) is 24.2 Å². The van der Waals surface area contributed by atoms with Crippen molar-refractivity contribution in [3.05, 3.63) is 11.8 Å². The summed E-state index contributed by atoms with van der Waals surface area (Å²) in [6.45, 7) is 7.24. The Balaban J connectivity index is 2.09. The van der Waals surface area contributed by atoms with Crippen LogP contribution in [0.2, 0.25) is 0 Å². The van der Waals surface area contributed by atoms with Crippen molar-refractivity contribution in [3.63, 3.8) is 0 Å². The lowest BCUT2D eigenvalue weighted by atomic mass is 9.96. The van der Waals surface area contributed by atoms with Gasteiger partial charge in [-0.15, -0.1) is 0 Å². The number of aryl methyl sites for hydroxylation is 1. The fourth-order valence-corrected chi connectivity index (χ4v) is 2.41. The molecule has 0 spiro atoms. The topological polar surface area (TPSA) is 79.1 Å². The summed E-state index contributed by atoms with van der Waals surface area (Å²) in [5.41, 5.74) is 13.1. The lowest BCUT2D eigenvalue weighted by molar-refractivity contribution is 0.446. The highest BCUT2D eigenvalue weighted by Crippen LogP contribution is 2.19. The molecule has 0 amide bonds. The van der Waals surface area contributed by atoms with Crippen molar-refractivity contribution in [1.29, 1.82) is 0 Å². The molecule has 1 aliphatic rings. The molecule has 2 heterocycles. The second kappa shape index (κ2) is 5.07. The number of rotatable bonds is 3. The normalized spacial score (nSPS) is 27.4. The molecule has 2 rings (SSSR count). The van der Waals surface area contributed by atoms with Crippen LogP contribution in [0.4, 0.5) is 11.8 Å². The van der Waals surface area contributed by atoms with E-state index >= 15 is 0 Å². The Bertz CT molecular complexity index is 391. The number of nitrogens with two attached hydrogens (primary N) is 1. The van der Waals surface area contributed by atoms with Crippen LogP contribution in [-0.2, 0) is 0 Å². The summed E-state index contributed by atoms with van der Waals surface area (Å²) in [6.07, 6.45) is 0. The van der Waals surface area contributed by atoms with Crippen molar-refractivity contribution in [2.24, 2.45) is 5.92 Å². The summed E-state index contributed by atoms with van der Waals surface area (Å²) in [6, 6.07) is 2.85. The molecule has 6 heteroatoms. The fourth-order valence-electron chi connectivity index (χ4n) is 2.41. The Morgan fingerprint density at radius 1 is 1.28 bits per heavy atom. The number of hydrogen-bond donors (Lipinski definition) is 3. The van der Waals surface area contributed by atoms with Gasteiger partial charge in [0.1, 0.15) is 5.82 Å². The zero-order valence-electron chi connectivity index (χ0n) is 11.4. The zero-order chi connectivity index (χ0) is 13.3. The molecular formula is C12H22N6. The van der Waals surface area contributed by atoms with Gasteiger partial charge in [0.25, 0.3) is 0 Å². The maximum absolute atomic E-state index is 5.69. The minimum Gasteiger partial charge on any atom is -0.368 e. The monoisotopic (exact) mass is 250 g/mol. The van der Waals surface area contributed by atoms with Gasteiger partial charge in [-0.2, -0.15) is 4.98 Å². The molecular weight excluding hydrogens is 228 g/mol. The molecule has 0 aromatic carbocycles. The molecule has 0 saturated carbocycles. The quantitative estimate of drug-likeness (QED) is 0.716. The van der Waals surface area contributed by atoms with Crippen LogP contribution in [0.1, 0.15) is 19.5 Å². The van der Waals surface area contributed by atoms with Gasteiger partial charge < -0.3 is 10.6 Å². The second-order valence-corrected chi connectivity index (χ2v) is 5.14. The number of nitrogen functional groups attached to an aromatic ring is 1. The molecule has 1 fully saturated rings. The van der Waals surface area contributed by atoms with E-state index in [4.69, 9.17) is 5.73 Å². The lowest BCUT2D eigenvalue weighted by Crippen LogP contribution is -2.35. The number of hydrazine groups is 1. The molecule has 6 nitrogen and oxygen atoms in total. The van der Waals surface area contributed by atoms with Crippen molar-refractivity contribution in [1.82, 2.24) is 20.8 Å². The zero-order valence-corrected chi connectivity index (χ0v) is 11.4. The highest BCUT2D eigenvalue weighted by atomic mass is 15.4. The van der Waals surface area contributed by atoms with Crippen LogP contribution < -0.4 is 21.5 Å². The maximum Gasteiger partial charge on any atom is 0.222 e. The van der Waals surface area contributed by atoms with Crippen LogP contribution in [0.15, 0.2) is 6.07 Å². The average Bonchev–Trinajstić information content (AvgIpc) is 2.59. The molecule has 1 aromatic heterocycles. The van der Waals surface area contributed by atoms with Gasteiger partial charge in [0.05, 0.1) is 0 Å². The van der Waals surface area contributed by atoms with Gasteiger partial charge in [-0.3, -0.25) is 10.9 Å². The molecule has 100 valence electrons. The summed E-state index contributed by atoms with van der Waals surface area (Å²) >= 11 is 0. The summed E-state index contributed by atoms with van der Waals surface area (Å²) < 4.78 is 0. The van der Waals surface area contributed by atoms with E-state index in [2.05, 4.69) is 39.6 Å². The van der Waals surface area contributed by atoms with Crippen LogP contribution in [0.25, 0.3) is 0 Å². The molecule has 18 heavy (non-hydrogen) atoms. The third-order valence-corrected chi connectivity index (χ3v) is 3.56. The molecule has 0 radical (unpaired) electrons. The minimum atomic E-state index is 0.334. The largest absolute Gasteiger partial charge is 0.368 e. The first kappa shape index (κ1) is 13.0. The third kappa shape index (κ3) is 2.70. The molecule has 1 aliphatic heterocycles. The summed E-state index contributed by atoms with van der Waals surface area (Å²) in [7, 11) is 2.04. The van der Waals surface area contributed by atoms with Crippen LogP contribution in [-0.4, -0.2) is 35.6 Å². The predicted octanol–water partition coefficient (Wildman–Crippen LogP) is 0.304. The second-order valence-electron chi connectivity index (χ2n) is 5.14. The van der Waals surface area contributed by atoms with Crippen molar-refractivity contribution >= 4 is 11.8 Å². The summed E-state index contributed by atoms with van der Waals surface area (Å²) in [4.78, 5) is 10.5. The van der Waals surface area contributed by atoms with E-state index < -0.39 is 0 Å². The van der Waals surface area contributed by atoms with E-state index in [1.165, 1.54) is 0 Å². The molecule has 0 bridgehead atoms. The molecule has 2 atom stereocenters. The predicted molar refractivity (Wildman–Crippen MR) is 73.1 cm³/mol. The average molecular weight is 250 g/mol. The van der Waals surface area contributed by atoms with Crippen LogP contribution >= 0.6 is 0 Å². The van der Waals surface area contributed by atoms with E-state index in [0.717, 1.165) is 18.1 Å². The first-order valence-corrected chi connectivity index (χ1v) is 6.30. The Morgan fingerprint density at radius 3 is 2.44 bits per heavy atom. The lowest BCUT2D eigenvalue weighted by Gasteiger charge is -2.26. The summed E-state index contributed by atoms with van der Waals surface area (Å²) in [5, 5.41) is 0. The van der Waals surface area contributed by atoms with Crippen molar-refractivity contribution < 1.29 is 0 Å². The molecule has 2 unspecified atom stereocenters. The van der Waals surface area contributed by atoms with Gasteiger partial charge in [0, 0.05) is 43.4 Å². The highest BCUT2D eigenvalue weighted by molar-refractivity contribution is 5.42. The molecule has 4 N–H and O–H groups in total. The van der Waals surface area contributed by atoms with Gasteiger partial charge in [0.2, 0.25) is 5.95 Å². The van der Waals surface area contributed by atoms with E-state index in [0.29, 0.717) is 23.9 Å². The third-order valence-electron chi connectivity index (χ3n) is 3.56. The summed E-state index contributed by atoms with van der Waals surface area (Å²) in [5.74, 6) is 1.75. The van der Waals surface area contributed by atoms with Crippen LogP contribution in [0.3, 0.4) is 0 Å². The fraction of sp³-hybridized carbons (Fsp3) is 0.667. The number of anilines is 2. The molecule has 0 aliphatic carbocycles. The number of aromatic nitrogens is 2. The Kier molecular flexibility index (Phi) is 3.68. The standard InChI is InChI=1S/C12H22N6/c1-7-5-11(15-12(13)14-7)18(4)6-10-8(2)16-17-9(10)3/h5,8-10,16-17H,6H2,1-4H3,(H2,13,14,15). The van der Waals surface area contributed by atoms with E-state index in [9.17, 15) is 0 Å². The van der Waals surface area contributed by atoms with E-state index in [-0.39, 0.29) is 0 Å². The maximum atomic E-state index is 5.69. The Morgan fingerprint density at radius 2 is 1.89 bits per heavy atom. The van der Waals surface area contributed by atoms with Crippen molar-refractivity contribution in [3.8, 4) is 0 Å². The Labute approximate surface area is 108 Å². The highest BCUT2D eigenvalue weighted by Gasteiger charge is 2.30. The van der Waals surface area contributed by atoms with Gasteiger partial charge in [0.15, 0.2) is 0 Å². The number of nitrogens with one attached hydrogen (secondary N) is 2. The number of nitrogens with zero attached hydrogens (tertiary/aromatic N) is 3. The number of hydrogen-bond acceptors (Lipinski definition) is 6. The minimum absolute atomic E-state index is 0.334.